The molecule has 0 aromatic heterocycles. The van der Waals surface area contributed by atoms with Crippen LogP contribution in [0.3, 0.4) is 0 Å². The van der Waals surface area contributed by atoms with Crippen molar-refractivity contribution in [3.05, 3.63) is 62.1 Å². The Balaban J connectivity index is 2.17. The maximum absolute atomic E-state index is 12.3. The Morgan fingerprint density at radius 2 is 2.00 bits per heavy atom. The molecule has 0 radical (unpaired) electrons. The van der Waals surface area contributed by atoms with Gasteiger partial charge in [0.1, 0.15) is 17.4 Å². The molecule has 1 atom stereocenters. The molecular formula is C14H11N3O5S. The molecule has 9 heteroatoms. The lowest BCUT2D eigenvalue weighted by Gasteiger charge is -2.24. The first-order valence-electron chi connectivity index (χ1n) is 6.63. The van der Waals surface area contributed by atoms with Crippen LogP contribution in [0.25, 0.3) is 0 Å². The van der Waals surface area contributed by atoms with E-state index >= 15 is 0 Å². The molecule has 118 valence electrons. The highest BCUT2D eigenvalue weighted by Crippen LogP contribution is 2.46. The number of rotatable bonds is 2. The van der Waals surface area contributed by atoms with Crippen LogP contribution < -0.4 is 5.73 Å². The van der Waals surface area contributed by atoms with Crippen LogP contribution in [0.1, 0.15) is 17.9 Å². The third-order valence-electron chi connectivity index (χ3n) is 3.81. The number of nitrogens with two attached hydrogens (primary N) is 1. The number of nitrogens with zero attached hydrogens (tertiary/aromatic N) is 2. The molecule has 1 aromatic carbocycles. The van der Waals surface area contributed by atoms with Gasteiger partial charge in [0.15, 0.2) is 9.84 Å². The van der Waals surface area contributed by atoms with Crippen LogP contribution in [-0.2, 0) is 14.6 Å². The topological polar surface area (TPSA) is 136 Å². The van der Waals surface area contributed by atoms with Crippen molar-refractivity contribution in [2.45, 2.75) is 12.3 Å². The monoisotopic (exact) mass is 333 g/mol. The van der Waals surface area contributed by atoms with Gasteiger partial charge in [-0.2, -0.15) is 5.26 Å². The quantitative estimate of drug-likeness (QED) is 0.638. The Hall–Kier alpha value is -2.86. The zero-order valence-electron chi connectivity index (χ0n) is 11.7. The lowest BCUT2D eigenvalue weighted by atomic mass is 9.89. The number of nitro benzene ring substituents is 1. The summed E-state index contributed by atoms with van der Waals surface area (Å²) < 4.78 is 29.9. The van der Waals surface area contributed by atoms with Crippen molar-refractivity contribution in [2.75, 3.05) is 5.75 Å². The number of non-ortho nitro benzene ring substituents is 1. The van der Waals surface area contributed by atoms with Crippen LogP contribution in [0.15, 0.2) is 46.4 Å². The van der Waals surface area contributed by atoms with E-state index in [4.69, 9.17) is 10.5 Å². The molecule has 0 amide bonds. The summed E-state index contributed by atoms with van der Waals surface area (Å²) in [5, 5.41) is 20.1. The Morgan fingerprint density at radius 1 is 1.35 bits per heavy atom. The number of sulfone groups is 1. The van der Waals surface area contributed by atoms with Gasteiger partial charge in [0, 0.05) is 18.6 Å². The highest BCUT2D eigenvalue weighted by Gasteiger charge is 2.43. The zero-order valence-corrected chi connectivity index (χ0v) is 12.5. The summed E-state index contributed by atoms with van der Waals surface area (Å²) in [4.78, 5) is 10.2. The lowest BCUT2D eigenvalue weighted by molar-refractivity contribution is -0.384. The number of hydrogen-bond acceptors (Lipinski definition) is 7. The Morgan fingerprint density at radius 3 is 2.57 bits per heavy atom. The molecule has 0 aliphatic carbocycles. The van der Waals surface area contributed by atoms with Crippen molar-refractivity contribution in [3.63, 3.8) is 0 Å². The van der Waals surface area contributed by atoms with E-state index in [1.165, 1.54) is 24.3 Å². The number of nitriles is 1. The summed E-state index contributed by atoms with van der Waals surface area (Å²) in [6, 6.07) is 7.27. The van der Waals surface area contributed by atoms with E-state index in [-0.39, 0.29) is 40.0 Å². The van der Waals surface area contributed by atoms with Gasteiger partial charge in [-0.25, -0.2) is 8.42 Å². The molecule has 2 heterocycles. The van der Waals surface area contributed by atoms with Gasteiger partial charge < -0.3 is 10.5 Å². The Bertz CT molecular complexity index is 907. The summed E-state index contributed by atoms with van der Waals surface area (Å²) >= 11 is 0. The molecule has 23 heavy (non-hydrogen) atoms. The number of benzene rings is 1. The van der Waals surface area contributed by atoms with Crippen LogP contribution in [0, 0.1) is 21.4 Å². The summed E-state index contributed by atoms with van der Waals surface area (Å²) in [6.45, 7) is 0. The molecule has 1 unspecified atom stereocenters. The maximum Gasteiger partial charge on any atom is 0.269 e. The smallest absolute Gasteiger partial charge is 0.269 e. The Labute approximate surface area is 131 Å². The highest BCUT2D eigenvalue weighted by molar-refractivity contribution is 7.95. The molecule has 2 N–H and O–H groups in total. The van der Waals surface area contributed by atoms with Crippen LogP contribution in [0.2, 0.25) is 0 Å². The van der Waals surface area contributed by atoms with E-state index in [1.807, 2.05) is 6.07 Å². The van der Waals surface area contributed by atoms with Gasteiger partial charge in [0.2, 0.25) is 5.88 Å². The average Bonchev–Trinajstić information content (AvgIpc) is 2.81. The zero-order chi connectivity index (χ0) is 16.8. The first-order valence-corrected chi connectivity index (χ1v) is 8.28. The van der Waals surface area contributed by atoms with Crippen LogP contribution in [0.5, 0.6) is 0 Å². The number of hydrogen-bond donors (Lipinski definition) is 1. The van der Waals surface area contributed by atoms with Crippen molar-refractivity contribution in [1.29, 1.82) is 5.26 Å². The molecule has 2 aliphatic heterocycles. The summed E-state index contributed by atoms with van der Waals surface area (Å²) in [7, 11) is -3.56. The van der Waals surface area contributed by atoms with Crippen LogP contribution in [0.4, 0.5) is 5.69 Å². The van der Waals surface area contributed by atoms with Crippen LogP contribution >= 0.6 is 0 Å². The van der Waals surface area contributed by atoms with Gasteiger partial charge in [-0.05, 0) is 5.56 Å². The largest absolute Gasteiger partial charge is 0.444 e. The predicted molar refractivity (Wildman–Crippen MR) is 79.2 cm³/mol. The first-order chi connectivity index (χ1) is 10.8. The van der Waals surface area contributed by atoms with E-state index in [1.54, 1.807) is 0 Å². The third-order valence-corrected chi connectivity index (χ3v) is 5.69. The second-order valence-electron chi connectivity index (χ2n) is 5.13. The molecule has 8 nitrogen and oxygen atoms in total. The Kier molecular flexibility index (Phi) is 3.34. The fourth-order valence-corrected chi connectivity index (χ4v) is 4.54. The first kappa shape index (κ1) is 15.1. The van der Waals surface area contributed by atoms with Gasteiger partial charge in [-0.3, -0.25) is 10.1 Å². The standard InChI is InChI=1S/C14H11N3O5S/c15-7-10-12(8-1-3-9(4-2-8)17(18)19)13-11(22-14(10)16)5-6-23(13,20)21/h1-4,12H,5-6,16H2. The molecule has 1 aromatic rings. The summed E-state index contributed by atoms with van der Waals surface area (Å²) in [5.74, 6) is -0.888. The van der Waals surface area contributed by atoms with E-state index in [0.717, 1.165) is 0 Å². The average molecular weight is 333 g/mol. The molecule has 3 rings (SSSR count). The molecular weight excluding hydrogens is 322 g/mol. The lowest BCUT2D eigenvalue weighted by Crippen LogP contribution is -2.21. The predicted octanol–water partition coefficient (Wildman–Crippen LogP) is 1.43. The fourth-order valence-electron chi connectivity index (χ4n) is 2.76. The van der Waals surface area contributed by atoms with Crippen molar-refractivity contribution < 1.29 is 18.1 Å². The molecule has 0 saturated heterocycles. The number of allylic oxidation sites excluding steroid dienone is 3. The van der Waals surface area contributed by atoms with E-state index in [9.17, 15) is 23.8 Å². The van der Waals surface area contributed by atoms with Crippen molar-refractivity contribution in [3.8, 4) is 6.07 Å². The molecule has 0 saturated carbocycles. The molecule has 0 bridgehead atoms. The van der Waals surface area contributed by atoms with Gasteiger partial charge >= 0.3 is 0 Å². The van der Waals surface area contributed by atoms with Gasteiger partial charge in [0.05, 0.1) is 21.5 Å². The molecule has 0 spiro atoms. The van der Waals surface area contributed by atoms with E-state index < -0.39 is 20.7 Å². The minimum Gasteiger partial charge on any atom is -0.444 e. The van der Waals surface area contributed by atoms with E-state index in [2.05, 4.69) is 0 Å². The summed E-state index contributed by atoms with van der Waals surface area (Å²) in [6.07, 6.45) is 0.195. The minimum atomic E-state index is -3.56. The van der Waals surface area contributed by atoms with Crippen LogP contribution in [-0.4, -0.2) is 19.1 Å². The van der Waals surface area contributed by atoms with Crippen molar-refractivity contribution in [2.24, 2.45) is 5.73 Å². The van der Waals surface area contributed by atoms with Gasteiger partial charge in [0.25, 0.3) is 5.69 Å². The second-order valence-corrected chi connectivity index (χ2v) is 7.21. The maximum atomic E-state index is 12.3. The van der Waals surface area contributed by atoms with E-state index in [0.29, 0.717) is 5.56 Å². The highest BCUT2D eigenvalue weighted by atomic mass is 32.2. The fraction of sp³-hybridized carbons (Fsp3) is 0.214. The minimum absolute atomic E-state index is 0.0110. The van der Waals surface area contributed by atoms with Gasteiger partial charge in [-0.15, -0.1) is 0 Å². The number of ether oxygens (including phenoxy) is 1. The van der Waals surface area contributed by atoms with Crippen molar-refractivity contribution >= 4 is 15.5 Å². The third kappa shape index (κ3) is 2.33. The molecule has 0 fully saturated rings. The normalized spacial score (nSPS) is 22.3. The van der Waals surface area contributed by atoms with Gasteiger partial charge in [-0.1, -0.05) is 12.1 Å². The summed E-state index contributed by atoms with van der Waals surface area (Å²) in [5.41, 5.74) is 6.04. The second kappa shape index (κ2) is 5.10. The number of nitro groups is 1. The SMILES string of the molecule is N#CC1=C(N)OC2=C(C1c1ccc([N+](=O)[O-])cc1)S(=O)(=O)CC2. The molecule has 2 aliphatic rings. The van der Waals surface area contributed by atoms with Crippen molar-refractivity contribution in [1.82, 2.24) is 0 Å².